The maximum absolute atomic E-state index is 11.2. The number of hydrogen-bond donors (Lipinski definition) is 2. The van der Waals surface area contributed by atoms with Gasteiger partial charge in [0.15, 0.2) is 0 Å². The fourth-order valence-corrected chi connectivity index (χ4v) is 3.56. The van der Waals surface area contributed by atoms with Crippen molar-refractivity contribution in [3.63, 3.8) is 0 Å². The van der Waals surface area contributed by atoms with Gasteiger partial charge in [0.2, 0.25) is 0 Å². The van der Waals surface area contributed by atoms with Crippen LogP contribution in [0, 0.1) is 11.3 Å². The lowest BCUT2D eigenvalue weighted by Crippen LogP contribution is -2.53. The summed E-state index contributed by atoms with van der Waals surface area (Å²) < 4.78 is 0. The van der Waals surface area contributed by atoms with Crippen molar-refractivity contribution in [3.05, 3.63) is 36.5 Å². The summed E-state index contributed by atoms with van der Waals surface area (Å²) in [5.41, 5.74) is -0.631. The first-order valence-electron chi connectivity index (χ1n) is 8.47. The molecule has 2 heteroatoms. The van der Waals surface area contributed by atoms with Crippen LogP contribution in [0.25, 0.3) is 0 Å². The Balaban J connectivity index is 2.75. The summed E-state index contributed by atoms with van der Waals surface area (Å²) in [4.78, 5) is 0. The summed E-state index contributed by atoms with van der Waals surface area (Å²) >= 11 is 0. The van der Waals surface area contributed by atoms with Crippen molar-refractivity contribution in [1.82, 2.24) is 0 Å². The van der Waals surface area contributed by atoms with E-state index in [0.717, 1.165) is 18.4 Å². The Bertz CT molecular complexity index is 443. The molecule has 0 bridgehead atoms. The van der Waals surface area contributed by atoms with Gasteiger partial charge >= 0.3 is 0 Å². The predicted octanol–water partition coefficient (Wildman–Crippen LogP) is 4.78. The van der Waals surface area contributed by atoms with Crippen molar-refractivity contribution in [3.8, 4) is 0 Å². The third kappa shape index (κ3) is 4.57. The molecule has 0 aromatic rings. The van der Waals surface area contributed by atoms with Crippen molar-refractivity contribution >= 4 is 0 Å². The molecule has 0 aromatic carbocycles. The Morgan fingerprint density at radius 3 is 2.59 bits per heavy atom. The van der Waals surface area contributed by atoms with Gasteiger partial charge in [-0.15, -0.1) is 0 Å². The molecule has 3 atom stereocenters. The van der Waals surface area contributed by atoms with Gasteiger partial charge in [-0.1, -0.05) is 63.6 Å². The van der Waals surface area contributed by atoms with Crippen LogP contribution in [0.3, 0.4) is 0 Å². The molecule has 0 aromatic heterocycles. The topological polar surface area (TPSA) is 40.5 Å². The molecule has 2 N–H and O–H groups in total. The molecule has 0 spiro atoms. The minimum absolute atomic E-state index is 0.0935. The van der Waals surface area contributed by atoms with E-state index in [-0.39, 0.29) is 11.3 Å². The highest BCUT2D eigenvalue weighted by molar-refractivity contribution is 5.21. The SMILES string of the molecule is C=CC(C)=CC=CC(C)(O)CCC1(O)C(C)CCCC1(C)C. The Kier molecular flexibility index (Phi) is 6.23. The zero-order valence-electron chi connectivity index (χ0n) is 15.0. The fourth-order valence-electron chi connectivity index (χ4n) is 3.56. The van der Waals surface area contributed by atoms with Gasteiger partial charge in [-0.25, -0.2) is 0 Å². The maximum Gasteiger partial charge on any atom is 0.0803 e. The summed E-state index contributed by atoms with van der Waals surface area (Å²) in [5.74, 6) is 0.277. The number of aliphatic hydroxyl groups is 2. The van der Waals surface area contributed by atoms with Crippen LogP contribution >= 0.6 is 0 Å². The quantitative estimate of drug-likeness (QED) is 0.693. The van der Waals surface area contributed by atoms with E-state index in [0.29, 0.717) is 12.8 Å². The zero-order valence-corrected chi connectivity index (χ0v) is 15.0. The molecular formula is C20H34O2. The van der Waals surface area contributed by atoms with E-state index in [1.807, 2.05) is 32.1 Å². The van der Waals surface area contributed by atoms with E-state index in [1.54, 1.807) is 6.08 Å². The highest BCUT2D eigenvalue weighted by Gasteiger charge is 2.49. The number of allylic oxidation sites excluding steroid dienone is 4. The molecular weight excluding hydrogens is 272 g/mol. The lowest BCUT2D eigenvalue weighted by atomic mass is 9.58. The first-order valence-corrected chi connectivity index (χ1v) is 8.47. The normalized spacial score (nSPS) is 32.0. The van der Waals surface area contributed by atoms with Crippen molar-refractivity contribution in [2.45, 2.75) is 77.9 Å². The third-order valence-corrected chi connectivity index (χ3v) is 5.57. The second kappa shape index (κ2) is 7.14. The van der Waals surface area contributed by atoms with E-state index in [1.165, 1.54) is 6.42 Å². The maximum atomic E-state index is 11.2. The van der Waals surface area contributed by atoms with Crippen LogP contribution in [0.5, 0.6) is 0 Å². The van der Waals surface area contributed by atoms with Crippen LogP contribution in [0.15, 0.2) is 36.5 Å². The third-order valence-electron chi connectivity index (χ3n) is 5.57. The molecule has 0 saturated heterocycles. The van der Waals surface area contributed by atoms with E-state index < -0.39 is 11.2 Å². The molecule has 1 saturated carbocycles. The summed E-state index contributed by atoms with van der Waals surface area (Å²) in [7, 11) is 0. The average molecular weight is 306 g/mol. The van der Waals surface area contributed by atoms with Gasteiger partial charge in [-0.3, -0.25) is 0 Å². The smallest absolute Gasteiger partial charge is 0.0803 e. The Labute approximate surface area is 136 Å². The van der Waals surface area contributed by atoms with Crippen LogP contribution in [-0.4, -0.2) is 21.4 Å². The van der Waals surface area contributed by atoms with Crippen LogP contribution in [0.4, 0.5) is 0 Å². The molecule has 22 heavy (non-hydrogen) atoms. The van der Waals surface area contributed by atoms with Crippen molar-refractivity contribution in [1.29, 1.82) is 0 Å². The fraction of sp³-hybridized carbons (Fsp3) is 0.700. The van der Waals surface area contributed by atoms with Gasteiger partial charge in [-0.05, 0) is 50.9 Å². The number of hydrogen-bond acceptors (Lipinski definition) is 2. The van der Waals surface area contributed by atoms with Crippen LogP contribution in [0.1, 0.15) is 66.7 Å². The lowest BCUT2D eigenvalue weighted by molar-refractivity contribution is -0.144. The van der Waals surface area contributed by atoms with E-state index in [2.05, 4.69) is 27.4 Å². The summed E-state index contributed by atoms with van der Waals surface area (Å²) in [5, 5.41) is 21.8. The molecule has 0 radical (unpaired) electrons. The monoisotopic (exact) mass is 306 g/mol. The molecule has 1 aliphatic rings. The van der Waals surface area contributed by atoms with Crippen molar-refractivity contribution in [2.75, 3.05) is 0 Å². The Morgan fingerprint density at radius 1 is 1.41 bits per heavy atom. The Hall–Kier alpha value is -0.860. The van der Waals surface area contributed by atoms with Crippen LogP contribution in [-0.2, 0) is 0 Å². The minimum atomic E-state index is -0.902. The first-order chi connectivity index (χ1) is 10.0. The molecule has 0 heterocycles. The van der Waals surface area contributed by atoms with Gasteiger partial charge in [-0.2, -0.15) is 0 Å². The van der Waals surface area contributed by atoms with E-state index >= 15 is 0 Å². The van der Waals surface area contributed by atoms with Crippen LogP contribution in [0.2, 0.25) is 0 Å². The van der Waals surface area contributed by atoms with E-state index in [4.69, 9.17) is 0 Å². The zero-order chi connectivity index (χ0) is 17.0. The minimum Gasteiger partial charge on any atom is -0.389 e. The number of rotatable bonds is 6. The lowest BCUT2D eigenvalue weighted by Gasteiger charge is -2.51. The standard InChI is InChI=1S/C20H34O2/c1-7-16(2)10-8-13-19(6,21)14-15-20(22)17(3)11-9-12-18(20,4)5/h7-8,10,13,17,21-22H,1,9,11-12,14-15H2,2-6H3. The molecule has 0 aliphatic heterocycles. The molecule has 1 aliphatic carbocycles. The average Bonchev–Trinajstić information content (AvgIpc) is 2.42. The van der Waals surface area contributed by atoms with Crippen molar-refractivity contribution < 1.29 is 10.2 Å². The summed E-state index contributed by atoms with van der Waals surface area (Å²) in [6, 6.07) is 0. The molecule has 3 unspecified atom stereocenters. The predicted molar refractivity (Wildman–Crippen MR) is 94.7 cm³/mol. The molecule has 0 amide bonds. The molecule has 1 fully saturated rings. The molecule has 1 rings (SSSR count). The van der Waals surface area contributed by atoms with E-state index in [9.17, 15) is 10.2 Å². The highest BCUT2D eigenvalue weighted by atomic mass is 16.3. The largest absolute Gasteiger partial charge is 0.389 e. The van der Waals surface area contributed by atoms with Crippen LogP contribution < -0.4 is 0 Å². The van der Waals surface area contributed by atoms with Gasteiger partial charge in [0, 0.05) is 0 Å². The van der Waals surface area contributed by atoms with Gasteiger partial charge in [0.25, 0.3) is 0 Å². The van der Waals surface area contributed by atoms with Gasteiger partial charge < -0.3 is 10.2 Å². The Morgan fingerprint density at radius 2 is 2.05 bits per heavy atom. The first kappa shape index (κ1) is 19.2. The second-order valence-corrected chi connectivity index (χ2v) is 7.93. The van der Waals surface area contributed by atoms with Gasteiger partial charge in [0.1, 0.15) is 0 Å². The summed E-state index contributed by atoms with van der Waals surface area (Å²) in [6.45, 7) is 13.9. The van der Waals surface area contributed by atoms with Crippen molar-refractivity contribution in [2.24, 2.45) is 11.3 Å². The second-order valence-electron chi connectivity index (χ2n) is 7.93. The highest BCUT2D eigenvalue weighted by Crippen LogP contribution is 2.49. The summed E-state index contributed by atoms with van der Waals surface area (Å²) in [6.07, 6.45) is 11.9. The molecule has 126 valence electrons. The molecule has 2 nitrogen and oxygen atoms in total. The van der Waals surface area contributed by atoms with Gasteiger partial charge in [0.05, 0.1) is 11.2 Å².